The van der Waals surface area contributed by atoms with Gasteiger partial charge in [0.15, 0.2) is 5.69 Å². The lowest BCUT2D eigenvalue weighted by Crippen LogP contribution is -2.43. The second kappa shape index (κ2) is 5.48. The van der Waals surface area contributed by atoms with E-state index in [1.54, 1.807) is 4.68 Å². The zero-order chi connectivity index (χ0) is 14.9. The molecule has 1 fully saturated rings. The van der Waals surface area contributed by atoms with E-state index in [9.17, 15) is 4.79 Å². The van der Waals surface area contributed by atoms with Crippen molar-refractivity contribution >= 4 is 16.8 Å². The Morgan fingerprint density at radius 1 is 1.38 bits per heavy atom. The first-order chi connectivity index (χ1) is 10.1. The fourth-order valence-corrected chi connectivity index (χ4v) is 2.97. The van der Waals surface area contributed by atoms with Crippen LogP contribution in [-0.4, -0.2) is 35.3 Å². The quantitative estimate of drug-likeness (QED) is 0.903. The molecule has 5 heteroatoms. The molecule has 1 amide bonds. The van der Waals surface area contributed by atoms with Gasteiger partial charge in [0.05, 0.1) is 5.52 Å². The van der Waals surface area contributed by atoms with E-state index in [1.807, 2.05) is 31.3 Å². The number of nitrogens with zero attached hydrogens (tertiary/aromatic N) is 2. The number of rotatable bonds is 3. The van der Waals surface area contributed by atoms with E-state index in [0.29, 0.717) is 12.2 Å². The molecule has 21 heavy (non-hydrogen) atoms. The van der Waals surface area contributed by atoms with E-state index in [4.69, 9.17) is 0 Å². The van der Waals surface area contributed by atoms with Gasteiger partial charge >= 0.3 is 0 Å². The molecule has 0 radical (unpaired) electrons. The lowest BCUT2D eigenvalue weighted by Gasteiger charge is -2.34. The number of carbonyl (C=O) groups excluding carboxylic acids is 1. The fourth-order valence-electron chi connectivity index (χ4n) is 2.97. The highest BCUT2D eigenvalue weighted by molar-refractivity contribution is 6.04. The van der Waals surface area contributed by atoms with Gasteiger partial charge in [-0.3, -0.25) is 9.48 Å². The van der Waals surface area contributed by atoms with Gasteiger partial charge in [0.1, 0.15) is 0 Å². The number of benzene rings is 1. The van der Waals surface area contributed by atoms with Crippen molar-refractivity contribution in [1.29, 1.82) is 0 Å². The summed E-state index contributed by atoms with van der Waals surface area (Å²) in [6.45, 7) is 5.00. The van der Waals surface area contributed by atoms with Crippen LogP contribution in [-0.2, 0) is 7.05 Å². The van der Waals surface area contributed by atoms with Gasteiger partial charge in [0.2, 0.25) is 0 Å². The summed E-state index contributed by atoms with van der Waals surface area (Å²) in [7, 11) is 1.87. The molecular formula is C16H22N4O. The summed E-state index contributed by atoms with van der Waals surface area (Å²) in [5.41, 5.74) is 1.69. The highest BCUT2D eigenvalue weighted by Gasteiger charge is 2.27. The monoisotopic (exact) mass is 286 g/mol. The Morgan fingerprint density at radius 2 is 2.10 bits per heavy atom. The number of amides is 1. The van der Waals surface area contributed by atoms with E-state index in [2.05, 4.69) is 22.7 Å². The molecule has 0 unspecified atom stereocenters. The summed E-state index contributed by atoms with van der Waals surface area (Å²) in [6.07, 6.45) is 2.19. The summed E-state index contributed by atoms with van der Waals surface area (Å²) in [5.74, 6) is -0.0773. The predicted octanol–water partition coefficient (Wildman–Crippen LogP) is 1.69. The Balaban J connectivity index is 1.75. The maximum absolute atomic E-state index is 12.5. The third-order valence-electron chi connectivity index (χ3n) is 4.46. The Bertz CT molecular complexity index is 655. The Labute approximate surface area is 124 Å². The molecule has 0 aliphatic carbocycles. The van der Waals surface area contributed by atoms with Gasteiger partial charge in [-0.05, 0) is 37.4 Å². The topological polar surface area (TPSA) is 59.0 Å². The molecule has 1 aliphatic heterocycles. The first kappa shape index (κ1) is 14.1. The Morgan fingerprint density at radius 3 is 2.86 bits per heavy atom. The van der Waals surface area contributed by atoms with Crippen LogP contribution >= 0.6 is 0 Å². The van der Waals surface area contributed by atoms with Gasteiger partial charge in [0.25, 0.3) is 5.91 Å². The largest absolute Gasteiger partial charge is 0.350 e. The number of aromatic nitrogens is 2. The van der Waals surface area contributed by atoms with Crippen LogP contribution in [0.2, 0.25) is 0 Å². The van der Waals surface area contributed by atoms with Crippen molar-refractivity contribution < 1.29 is 4.79 Å². The molecule has 1 aromatic heterocycles. The summed E-state index contributed by atoms with van der Waals surface area (Å²) in [4.78, 5) is 12.5. The molecule has 0 bridgehead atoms. The van der Waals surface area contributed by atoms with E-state index < -0.39 is 0 Å². The third-order valence-corrected chi connectivity index (χ3v) is 4.46. The average Bonchev–Trinajstić information content (AvgIpc) is 2.84. The zero-order valence-electron chi connectivity index (χ0n) is 12.6. The van der Waals surface area contributed by atoms with Crippen molar-refractivity contribution in [2.24, 2.45) is 12.5 Å². The van der Waals surface area contributed by atoms with Crippen molar-refractivity contribution in [3.8, 4) is 0 Å². The van der Waals surface area contributed by atoms with Gasteiger partial charge in [-0.2, -0.15) is 5.10 Å². The van der Waals surface area contributed by atoms with Crippen molar-refractivity contribution in [2.45, 2.75) is 19.8 Å². The summed E-state index contributed by atoms with van der Waals surface area (Å²) in [6, 6.07) is 7.83. The maximum Gasteiger partial charge on any atom is 0.272 e. The second-order valence-corrected chi connectivity index (χ2v) is 6.23. The maximum atomic E-state index is 12.5. The minimum absolute atomic E-state index is 0.0773. The van der Waals surface area contributed by atoms with Crippen LogP contribution in [0, 0.1) is 5.41 Å². The standard InChI is InChI=1S/C16H22N4O/c1-16(7-9-17-10-8-16)11-18-15(21)14-12-5-3-4-6-13(12)20(2)19-14/h3-6,17H,7-11H2,1-2H3,(H,18,21). The van der Waals surface area contributed by atoms with Gasteiger partial charge in [-0.15, -0.1) is 0 Å². The fraction of sp³-hybridized carbons (Fsp3) is 0.500. The predicted molar refractivity (Wildman–Crippen MR) is 83.3 cm³/mol. The van der Waals surface area contributed by atoms with Crippen molar-refractivity contribution in [2.75, 3.05) is 19.6 Å². The SMILES string of the molecule is Cn1nc(C(=O)NCC2(C)CCNCC2)c2ccccc21. The van der Waals surface area contributed by atoms with Crippen molar-refractivity contribution in [3.63, 3.8) is 0 Å². The minimum atomic E-state index is -0.0773. The number of hydrogen-bond donors (Lipinski definition) is 2. The normalized spacial score (nSPS) is 17.8. The number of piperidine rings is 1. The molecule has 112 valence electrons. The smallest absolute Gasteiger partial charge is 0.272 e. The molecule has 0 atom stereocenters. The number of fused-ring (bicyclic) bond motifs is 1. The second-order valence-electron chi connectivity index (χ2n) is 6.23. The molecule has 0 saturated carbocycles. The summed E-state index contributed by atoms with van der Waals surface area (Å²) >= 11 is 0. The number of nitrogens with one attached hydrogen (secondary N) is 2. The van der Waals surface area contributed by atoms with Gasteiger partial charge in [-0.1, -0.05) is 25.1 Å². The Kier molecular flexibility index (Phi) is 3.68. The zero-order valence-corrected chi connectivity index (χ0v) is 12.6. The summed E-state index contributed by atoms with van der Waals surface area (Å²) in [5, 5.41) is 11.7. The van der Waals surface area contributed by atoms with Crippen LogP contribution in [0.4, 0.5) is 0 Å². The first-order valence-corrected chi connectivity index (χ1v) is 7.50. The lowest BCUT2D eigenvalue weighted by atomic mass is 9.81. The van der Waals surface area contributed by atoms with Gasteiger partial charge in [-0.25, -0.2) is 0 Å². The lowest BCUT2D eigenvalue weighted by molar-refractivity contribution is 0.0918. The number of aryl methyl sites for hydroxylation is 1. The average molecular weight is 286 g/mol. The molecule has 1 saturated heterocycles. The molecule has 1 aliphatic rings. The minimum Gasteiger partial charge on any atom is -0.350 e. The van der Waals surface area contributed by atoms with Gasteiger partial charge < -0.3 is 10.6 Å². The highest BCUT2D eigenvalue weighted by atomic mass is 16.1. The van der Waals surface area contributed by atoms with Gasteiger partial charge in [0, 0.05) is 19.0 Å². The van der Waals surface area contributed by atoms with Crippen LogP contribution in [0.5, 0.6) is 0 Å². The molecule has 2 aromatic rings. The molecule has 2 N–H and O–H groups in total. The number of para-hydroxylation sites is 1. The molecule has 0 spiro atoms. The molecule has 5 nitrogen and oxygen atoms in total. The van der Waals surface area contributed by atoms with Crippen LogP contribution in [0.3, 0.4) is 0 Å². The van der Waals surface area contributed by atoms with E-state index in [0.717, 1.165) is 36.8 Å². The van der Waals surface area contributed by atoms with Crippen molar-refractivity contribution in [1.82, 2.24) is 20.4 Å². The van der Waals surface area contributed by atoms with Crippen LogP contribution < -0.4 is 10.6 Å². The molecular weight excluding hydrogens is 264 g/mol. The van der Waals surface area contributed by atoms with Crippen LogP contribution in [0.25, 0.3) is 10.9 Å². The van der Waals surface area contributed by atoms with E-state index in [-0.39, 0.29) is 11.3 Å². The molecule has 2 heterocycles. The summed E-state index contributed by atoms with van der Waals surface area (Å²) < 4.78 is 1.76. The number of carbonyl (C=O) groups is 1. The molecule has 1 aromatic carbocycles. The van der Waals surface area contributed by atoms with E-state index >= 15 is 0 Å². The van der Waals surface area contributed by atoms with Crippen LogP contribution in [0.1, 0.15) is 30.3 Å². The number of hydrogen-bond acceptors (Lipinski definition) is 3. The first-order valence-electron chi connectivity index (χ1n) is 7.50. The van der Waals surface area contributed by atoms with E-state index in [1.165, 1.54) is 0 Å². The van der Waals surface area contributed by atoms with Crippen molar-refractivity contribution in [3.05, 3.63) is 30.0 Å². The van der Waals surface area contributed by atoms with Crippen LogP contribution in [0.15, 0.2) is 24.3 Å². The third kappa shape index (κ3) is 2.78. The molecule has 3 rings (SSSR count). The Hall–Kier alpha value is -1.88. The highest BCUT2D eigenvalue weighted by Crippen LogP contribution is 2.27.